The number of halogens is 2. The average molecular weight is 367 g/mol. The van der Waals surface area contributed by atoms with Gasteiger partial charge in [-0.2, -0.15) is 0 Å². The Hall–Kier alpha value is -0.260. The molecule has 3 nitrogen and oxygen atoms in total. The Bertz CT molecular complexity index is 372. The van der Waals surface area contributed by atoms with Gasteiger partial charge >= 0.3 is 0 Å². The molecule has 0 spiro atoms. The zero-order chi connectivity index (χ0) is 16.4. The second kappa shape index (κ2) is 10.2. The third-order valence-corrected chi connectivity index (χ3v) is 7.30. The Morgan fingerprint density at radius 1 is 0.680 bits per heavy atom. The summed E-state index contributed by atoms with van der Waals surface area (Å²) in [6.07, 6.45) is 8.53. The van der Waals surface area contributed by atoms with Crippen molar-refractivity contribution < 1.29 is 25.9 Å². The number of ether oxygens (including phenoxy) is 1. The lowest BCUT2D eigenvalue weighted by atomic mass is 9.65. The standard InChI is InChI=1S/C20H34F2O.2H2O.H2/c1-13-3-5-14(6-4-13)15-7-9-16(10-8-15)17-11-12-18(23-2)20(22)19(17)21;;;/h13-20H,3-12H2,1-2H3;2*1H2;1H. The minimum atomic E-state index is -1.42. The SMILES string of the molecule is COC1CCC(C2CCC(C3CCC(C)CC3)CC2)C(F)C1F.O.O.[HH]. The van der Waals surface area contributed by atoms with Crippen LogP contribution >= 0.6 is 0 Å². The van der Waals surface area contributed by atoms with E-state index in [-0.39, 0.29) is 18.3 Å². The Morgan fingerprint density at radius 3 is 1.68 bits per heavy atom. The van der Waals surface area contributed by atoms with Crippen molar-refractivity contribution in [1.82, 2.24) is 0 Å². The van der Waals surface area contributed by atoms with Gasteiger partial charge in [-0.25, -0.2) is 8.78 Å². The number of methoxy groups -OCH3 is 1. The first-order chi connectivity index (χ1) is 11.1. The Labute approximate surface area is 153 Å². The van der Waals surface area contributed by atoms with Gasteiger partial charge in [-0.1, -0.05) is 19.8 Å². The summed E-state index contributed by atoms with van der Waals surface area (Å²) >= 11 is 0. The molecule has 0 aromatic heterocycles. The van der Waals surface area contributed by atoms with Crippen LogP contribution in [0.2, 0.25) is 0 Å². The molecule has 25 heavy (non-hydrogen) atoms. The molecule has 152 valence electrons. The van der Waals surface area contributed by atoms with Crippen LogP contribution < -0.4 is 0 Å². The zero-order valence-electron chi connectivity index (χ0n) is 15.9. The fourth-order valence-corrected chi connectivity index (χ4v) is 5.66. The summed E-state index contributed by atoms with van der Waals surface area (Å²) in [5.41, 5.74) is 0. The monoisotopic (exact) mass is 366 g/mol. The minimum Gasteiger partial charge on any atom is -0.412 e. The quantitative estimate of drug-likeness (QED) is 0.733. The first-order valence-electron chi connectivity index (χ1n) is 9.91. The summed E-state index contributed by atoms with van der Waals surface area (Å²) < 4.78 is 33.8. The molecule has 3 fully saturated rings. The van der Waals surface area contributed by atoms with Gasteiger partial charge in [0, 0.05) is 8.54 Å². The van der Waals surface area contributed by atoms with Crippen molar-refractivity contribution in [3.8, 4) is 0 Å². The van der Waals surface area contributed by atoms with E-state index in [4.69, 9.17) is 4.74 Å². The van der Waals surface area contributed by atoms with E-state index < -0.39 is 18.4 Å². The molecular formula is C20H40F2O3. The summed E-state index contributed by atoms with van der Waals surface area (Å²) in [5, 5.41) is 0. The predicted molar refractivity (Wildman–Crippen MR) is 99.2 cm³/mol. The van der Waals surface area contributed by atoms with Crippen LogP contribution in [0.5, 0.6) is 0 Å². The molecular weight excluding hydrogens is 326 g/mol. The molecule has 0 radical (unpaired) electrons. The highest BCUT2D eigenvalue weighted by Crippen LogP contribution is 2.46. The van der Waals surface area contributed by atoms with Gasteiger partial charge < -0.3 is 15.7 Å². The van der Waals surface area contributed by atoms with Crippen molar-refractivity contribution in [3.63, 3.8) is 0 Å². The van der Waals surface area contributed by atoms with Crippen LogP contribution in [0.3, 0.4) is 0 Å². The molecule has 4 unspecified atom stereocenters. The third-order valence-electron chi connectivity index (χ3n) is 7.30. The Balaban J connectivity index is 0.00000208. The van der Waals surface area contributed by atoms with E-state index in [1.54, 1.807) is 0 Å². The predicted octanol–water partition coefficient (Wildman–Crippen LogP) is 4.32. The summed E-state index contributed by atoms with van der Waals surface area (Å²) in [4.78, 5) is 0. The molecule has 4 atom stereocenters. The summed E-state index contributed by atoms with van der Waals surface area (Å²) in [5.74, 6) is 3.01. The largest absolute Gasteiger partial charge is 0.412 e. The first kappa shape index (κ1) is 22.8. The highest BCUT2D eigenvalue weighted by atomic mass is 19.2. The average Bonchev–Trinajstić information content (AvgIpc) is 2.58. The van der Waals surface area contributed by atoms with Crippen LogP contribution in [0, 0.1) is 29.6 Å². The first-order valence-corrected chi connectivity index (χ1v) is 9.91. The van der Waals surface area contributed by atoms with E-state index in [0.717, 1.165) is 37.0 Å². The third kappa shape index (κ3) is 5.14. The van der Waals surface area contributed by atoms with E-state index in [0.29, 0.717) is 12.3 Å². The van der Waals surface area contributed by atoms with Gasteiger partial charge in [0.25, 0.3) is 0 Å². The topological polar surface area (TPSA) is 72.2 Å². The minimum absolute atomic E-state index is 0. The fourth-order valence-electron chi connectivity index (χ4n) is 5.66. The lowest BCUT2D eigenvalue weighted by Crippen LogP contribution is -2.45. The summed E-state index contributed by atoms with van der Waals surface area (Å²) in [7, 11) is 1.50. The van der Waals surface area contributed by atoms with Crippen LogP contribution in [0.4, 0.5) is 8.78 Å². The molecule has 0 heterocycles. The maximum atomic E-state index is 14.5. The van der Waals surface area contributed by atoms with E-state index in [2.05, 4.69) is 6.92 Å². The molecule has 0 amide bonds. The maximum absolute atomic E-state index is 14.5. The number of hydrogen-bond donors (Lipinski definition) is 0. The van der Waals surface area contributed by atoms with E-state index in [1.165, 1.54) is 45.6 Å². The van der Waals surface area contributed by atoms with Gasteiger partial charge in [0.2, 0.25) is 0 Å². The van der Waals surface area contributed by atoms with Crippen LogP contribution in [0.1, 0.15) is 72.6 Å². The van der Waals surface area contributed by atoms with Gasteiger partial charge in [-0.3, -0.25) is 0 Å². The van der Waals surface area contributed by atoms with Crippen LogP contribution in [0.15, 0.2) is 0 Å². The fraction of sp³-hybridized carbons (Fsp3) is 1.00. The van der Waals surface area contributed by atoms with Crippen molar-refractivity contribution in [2.24, 2.45) is 29.6 Å². The Morgan fingerprint density at radius 2 is 1.16 bits per heavy atom. The molecule has 0 saturated heterocycles. The number of hydrogen-bond acceptors (Lipinski definition) is 1. The molecule has 3 aliphatic carbocycles. The summed E-state index contributed by atoms with van der Waals surface area (Å²) in [6.45, 7) is 2.37. The molecule has 3 rings (SSSR count). The molecule has 0 aromatic rings. The molecule has 5 heteroatoms. The highest BCUT2D eigenvalue weighted by molar-refractivity contribution is 4.93. The normalized spacial score (nSPS) is 45.1. The molecule has 4 N–H and O–H groups in total. The van der Waals surface area contributed by atoms with Gasteiger partial charge in [0.05, 0.1) is 6.10 Å². The number of rotatable bonds is 3. The molecule has 3 aliphatic rings. The summed E-state index contributed by atoms with van der Waals surface area (Å²) in [6, 6.07) is 0. The second-order valence-electron chi connectivity index (χ2n) is 8.60. The van der Waals surface area contributed by atoms with Gasteiger partial charge in [-0.05, 0) is 81.0 Å². The van der Waals surface area contributed by atoms with E-state index in [9.17, 15) is 8.78 Å². The van der Waals surface area contributed by atoms with Crippen molar-refractivity contribution in [2.75, 3.05) is 7.11 Å². The van der Waals surface area contributed by atoms with Crippen LogP contribution in [0.25, 0.3) is 0 Å². The van der Waals surface area contributed by atoms with Crippen molar-refractivity contribution in [1.29, 1.82) is 0 Å². The molecule has 0 aromatic carbocycles. The van der Waals surface area contributed by atoms with E-state index >= 15 is 0 Å². The smallest absolute Gasteiger partial charge is 0.157 e. The van der Waals surface area contributed by atoms with Crippen LogP contribution in [-0.2, 0) is 4.74 Å². The number of alkyl halides is 2. The van der Waals surface area contributed by atoms with Gasteiger partial charge in [0.15, 0.2) is 6.17 Å². The second-order valence-corrected chi connectivity index (χ2v) is 8.60. The molecule has 3 saturated carbocycles. The maximum Gasteiger partial charge on any atom is 0.157 e. The van der Waals surface area contributed by atoms with Crippen molar-refractivity contribution in [2.45, 2.75) is 89.6 Å². The van der Waals surface area contributed by atoms with Crippen LogP contribution in [-0.4, -0.2) is 36.5 Å². The van der Waals surface area contributed by atoms with Gasteiger partial charge in [0.1, 0.15) is 6.17 Å². The Kier molecular flexibility index (Phi) is 9.27. The highest BCUT2D eigenvalue weighted by Gasteiger charge is 2.44. The van der Waals surface area contributed by atoms with Gasteiger partial charge in [-0.15, -0.1) is 0 Å². The molecule has 0 aliphatic heterocycles. The van der Waals surface area contributed by atoms with Crippen molar-refractivity contribution >= 4 is 0 Å². The molecule has 0 bridgehead atoms. The lowest BCUT2D eigenvalue weighted by molar-refractivity contribution is -0.0729. The lowest BCUT2D eigenvalue weighted by Gasteiger charge is -2.43. The van der Waals surface area contributed by atoms with E-state index in [1.807, 2.05) is 0 Å². The van der Waals surface area contributed by atoms with Crippen molar-refractivity contribution in [3.05, 3.63) is 0 Å². The zero-order valence-corrected chi connectivity index (χ0v) is 15.9.